The van der Waals surface area contributed by atoms with Gasteiger partial charge in [-0.25, -0.2) is 24.3 Å². The zero-order chi connectivity index (χ0) is 22.4. The molecule has 7 nitrogen and oxygen atoms in total. The van der Waals surface area contributed by atoms with Crippen molar-refractivity contribution in [2.75, 3.05) is 6.61 Å². The van der Waals surface area contributed by atoms with Gasteiger partial charge in [0.15, 0.2) is 5.65 Å². The molecule has 3 aromatic heterocycles. The fraction of sp³-hybridized carbons (Fsp3) is 0.375. The molecule has 0 unspecified atom stereocenters. The smallest absolute Gasteiger partial charge is 0.182 e. The third kappa shape index (κ3) is 3.75. The molecule has 8 heteroatoms. The van der Waals surface area contributed by atoms with Crippen molar-refractivity contribution < 1.29 is 9.13 Å². The number of fused-ring (bicyclic) bond motifs is 1. The largest absolute Gasteiger partial charge is 0.373 e. The highest BCUT2D eigenvalue weighted by Gasteiger charge is 2.29. The first-order valence-corrected chi connectivity index (χ1v) is 10.8. The van der Waals surface area contributed by atoms with E-state index in [2.05, 4.69) is 15.1 Å². The van der Waals surface area contributed by atoms with E-state index in [1.807, 2.05) is 46.3 Å². The topological polar surface area (TPSA) is 78.6 Å². The van der Waals surface area contributed by atoms with Crippen LogP contribution in [-0.4, -0.2) is 36.3 Å². The van der Waals surface area contributed by atoms with E-state index in [9.17, 15) is 4.39 Å². The van der Waals surface area contributed by atoms with E-state index in [1.54, 1.807) is 10.7 Å². The van der Waals surface area contributed by atoms with E-state index in [0.29, 0.717) is 34.9 Å². The molecule has 1 fully saturated rings. The molecule has 4 aromatic rings. The van der Waals surface area contributed by atoms with E-state index in [0.717, 1.165) is 35.4 Å². The molecule has 4 heterocycles. The SMILES string of the molecule is Cc1ccc(-c2nc([C@H]3CCO[C@@H](c4cnn(C)c4)C3)nc3nc(C)c(C)nc23)c(F)c1. The fourth-order valence-corrected chi connectivity index (χ4v) is 4.18. The standard InChI is InChI=1S/C24H25FN6O/c1-13-5-6-18(19(25)9-13)21-22-24(28-15(3)14(2)27-22)30-23(29-21)16-7-8-32-20(10-16)17-11-26-31(4)12-17/h5-6,9,11-12,16,20H,7-8,10H2,1-4H3/t16-,20+/m0/s1. The Morgan fingerprint density at radius 1 is 1.06 bits per heavy atom. The van der Waals surface area contributed by atoms with Crippen LogP contribution in [0.2, 0.25) is 0 Å². The summed E-state index contributed by atoms with van der Waals surface area (Å²) in [4.78, 5) is 19.0. The van der Waals surface area contributed by atoms with Crippen LogP contribution in [0.5, 0.6) is 0 Å². The summed E-state index contributed by atoms with van der Waals surface area (Å²) >= 11 is 0. The molecule has 0 radical (unpaired) electrons. The predicted molar refractivity (Wildman–Crippen MR) is 119 cm³/mol. The van der Waals surface area contributed by atoms with Gasteiger partial charge in [-0.3, -0.25) is 4.68 Å². The molecule has 1 aliphatic rings. The van der Waals surface area contributed by atoms with E-state index in [4.69, 9.17) is 14.7 Å². The summed E-state index contributed by atoms with van der Waals surface area (Å²) in [5.74, 6) is 0.396. The van der Waals surface area contributed by atoms with Crippen molar-refractivity contribution in [2.45, 2.75) is 45.6 Å². The van der Waals surface area contributed by atoms with Gasteiger partial charge in [0.25, 0.3) is 0 Å². The molecule has 1 saturated heterocycles. The predicted octanol–water partition coefficient (Wildman–Crippen LogP) is 4.52. The van der Waals surface area contributed by atoms with Gasteiger partial charge >= 0.3 is 0 Å². The van der Waals surface area contributed by atoms with Crippen LogP contribution in [-0.2, 0) is 11.8 Å². The zero-order valence-electron chi connectivity index (χ0n) is 18.6. The molecule has 0 amide bonds. The summed E-state index contributed by atoms with van der Waals surface area (Å²) in [6, 6.07) is 5.16. The van der Waals surface area contributed by atoms with Gasteiger partial charge in [-0.05, 0) is 51.3 Å². The second-order valence-electron chi connectivity index (χ2n) is 8.51. The molecule has 5 rings (SSSR count). The zero-order valence-corrected chi connectivity index (χ0v) is 18.6. The van der Waals surface area contributed by atoms with Crippen molar-refractivity contribution in [3.8, 4) is 11.3 Å². The van der Waals surface area contributed by atoms with Crippen LogP contribution in [0, 0.1) is 26.6 Å². The molecule has 2 atom stereocenters. The molecular weight excluding hydrogens is 407 g/mol. The van der Waals surface area contributed by atoms with Gasteiger partial charge in [-0.15, -0.1) is 0 Å². The first kappa shape index (κ1) is 20.6. The number of rotatable bonds is 3. The van der Waals surface area contributed by atoms with Crippen molar-refractivity contribution >= 4 is 11.2 Å². The number of ether oxygens (including phenoxy) is 1. The maximum Gasteiger partial charge on any atom is 0.182 e. The Hall–Kier alpha value is -3.26. The van der Waals surface area contributed by atoms with E-state index < -0.39 is 0 Å². The summed E-state index contributed by atoms with van der Waals surface area (Å²) in [7, 11) is 1.89. The van der Waals surface area contributed by atoms with Gasteiger partial charge in [-0.2, -0.15) is 5.10 Å². The molecule has 1 aromatic carbocycles. The van der Waals surface area contributed by atoms with Gasteiger partial charge in [0.2, 0.25) is 0 Å². The van der Waals surface area contributed by atoms with Gasteiger partial charge in [0.1, 0.15) is 22.9 Å². The Balaban J connectivity index is 1.62. The molecule has 0 bridgehead atoms. The minimum absolute atomic E-state index is 0.0639. The fourth-order valence-electron chi connectivity index (χ4n) is 4.18. The highest BCUT2D eigenvalue weighted by atomic mass is 19.1. The molecule has 0 saturated carbocycles. The second kappa shape index (κ2) is 8.02. The molecule has 0 spiro atoms. The number of hydrogen-bond acceptors (Lipinski definition) is 6. The molecule has 1 aliphatic heterocycles. The molecule has 0 aliphatic carbocycles. The van der Waals surface area contributed by atoms with E-state index >= 15 is 0 Å². The normalized spacial score (nSPS) is 18.9. The lowest BCUT2D eigenvalue weighted by Crippen LogP contribution is -2.20. The lowest BCUT2D eigenvalue weighted by molar-refractivity contribution is 0.00398. The number of hydrogen-bond donors (Lipinski definition) is 0. The lowest BCUT2D eigenvalue weighted by atomic mass is 9.92. The molecule has 164 valence electrons. The maximum absolute atomic E-state index is 15.0. The number of aryl methyl sites for hydroxylation is 4. The van der Waals surface area contributed by atoms with Crippen LogP contribution in [0.25, 0.3) is 22.4 Å². The highest BCUT2D eigenvalue weighted by Crippen LogP contribution is 2.38. The van der Waals surface area contributed by atoms with Crippen molar-refractivity contribution in [3.05, 3.63) is 64.7 Å². The lowest BCUT2D eigenvalue weighted by Gasteiger charge is -2.28. The summed E-state index contributed by atoms with van der Waals surface area (Å²) in [6.45, 7) is 6.26. The first-order valence-electron chi connectivity index (χ1n) is 10.8. The Morgan fingerprint density at radius 2 is 1.88 bits per heavy atom. The quantitative estimate of drug-likeness (QED) is 0.474. The van der Waals surface area contributed by atoms with Gasteiger partial charge in [-0.1, -0.05) is 6.07 Å². The monoisotopic (exact) mass is 432 g/mol. The Morgan fingerprint density at radius 3 is 2.62 bits per heavy atom. The summed E-state index contributed by atoms with van der Waals surface area (Å²) in [5.41, 5.74) is 5.40. The summed E-state index contributed by atoms with van der Waals surface area (Å²) < 4.78 is 22.7. The number of aromatic nitrogens is 6. The maximum atomic E-state index is 15.0. The summed E-state index contributed by atoms with van der Waals surface area (Å²) in [5, 5.41) is 4.26. The number of nitrogens with zero attached hydrogens (tertiary/aromatic N) is 6. The Labute approximate surface area is 185 Å². The average Bonchev–Trinajstić information content (AvgIpc) is 3.21. The van der Waals surface area contributed by atoms with Crippen molar-refractivity contribution in [3.63, 3.8) is 0 Å². The summed E-state index contributed by atoms with van der Waals surface area (Å²) in [6.07, 6.45) is 5.24. The van der Waals surface area contributed by atoms with Crippen LogP contribution in [0.3, 0.4) is 0 Å². The highest BCUT2D eigenvalue weighted by molar-refractivity contribution is 5.87. The van der Waals surface area contributed by atoms with Gasteiger partial charge in [0, 0.05) is 36.9 Å². The van der Waals surface area contributed by atoms with Gasteiger partial charge < -0.3 is 4.74 Å². The van der Waals surface area contributed by atoms with Crippen LogP contribution < -0.4 is 0 Å². The number of benzene rings is 1. The van der Waals surface area contributed by atoms with Crippen LogP contribution >= 0.6 is 0 Å². The van der Waals surface area contributed by atoms with E-state index in [1.165, 1.54) is 6.07 Å². The molecule has 0 N–H and O–H groups in total. The second-order valence-corrected chi connectivity index (χ2v) is 8.51. The van der Waals surface area contributed by atoms with Crippen LogP contribution in [0.1, 0.15) is 53.2 Å². The number of halogens is 1. The third-order valence-corrected chi connectivity index (χ3v) is 6.09. The minimum Gasteiger partial charge on any atom is -0.373 e. The van der Waals surface area contributed by atoms with E-state index in [-0.39, 0.29) is 17.8 Å². The van der Waals surface area contributed by atoms with Crippen molar-refractivity contribution in [2.24, 2.45) is 7.05 Å². The Kier molecular flexibility index (Phi) is 5.17. The molecule has 32 heavy (non-hydrogen) atoms. The minimum atomic E-state index is -0.323. The van der Waals surface area contributed by atoms with Crippen LogP contribution in [0.4, 0.5) is 4.39 Å². The van der Waals surface area contributed by atoms with Gasteiger partial charge in [0.05, 0.1) is 23.7 Å². The average molecular weight is 433 g/mol. The first-order chi connectivity index (χ1) is 15.4. The third-order valence-electron chi connectivity index (χ3n) is 6.09. The van der Waals surface area contributed by atoms with Crippen molar-refractivity contribution in [1.29, 1.82) is 0 Å². The molecular formula is C24H25FN6O. The van der Waals surface area contributed by atoms with Crippen LogP contribution in [0.15, 0.2) is 30.6 Å². The Bertz CT molecular complexity index is 1320. The van der Waals surface area contributed by atoms with Crippen molar-refractivity contribution in [1.82, 2.24) is 29.7 Å².